The molecule has 0 aromatic heterocycles. The highest BCUT2D eigenvalue weighted by atomic mass is 19.1. The molecular weight excluding hydrogens is 375 g/mol. The Labute approximate surface area is 177 Å². The third-order valence-corrected chi connectivity index (χ3v) is 5.89. The van der Waals surface area contributed by atoms with E-state index in [9.17, 15) is 9.65 Å². The summed E-state index contributed by atoms with van der Waals surface area (Å²) in [5.41, 5.74) is 4.64. The van der Waals surface area contributed by atoms with Crippen molar-refractivity contribution < 1.29 is 9.13 Å². The number of nitriles is 1. The van der Waals surface area contributed by atoms with E-state index in [4.69, 9.17) is 4.74 Å². The lowest BCUT2D eigenvalue weighted by atomic mass is 9.74. The molecule has 30 heavy (non-hydrogen) atoms. The molecule has 0 atom stereocenters. The number of nitrogens with zero attached hydrogens (tertiary/aromatic N) is 1. The van der Waals surface area contributed by atoms with E-state index in [-0.39, 0.29) is 11.2 Å². The van der Waals surface area contributed by atoms with E-state index in [2.05, 4.69) is 35.7 Å². The lowest BCUT2D eigenvalue weighted by Gasteiger charge is -2.38. The van der Waals surface area contributed by atoms with Gasteiger partial charge in [-0.1, -0.05) is 42.5 Å². The largest absolute Gasteiger partial charge is 0.376 e. The molecule has 4 heteroatoms. The van der Waals surface area contributed by atoms with E-state index >= 15 is 0 Å². The highest BCUT2D eigenvalue weighted by molar-refractivity contribution is 5.66. The first-order valence-electron chi connectivity index (χ1n) is 10.3. The molecule has 0 spiro atoms. The van der Waals surface area contributed by atoms with Gasteiger partial charge >= 0.3 is 0 Å². The molecule has 0 aliphatic carbocycles. The number of hydrogen-bond acceptors (Lipinski definition) is 3. The van der Waals surface area contributed by atoms with E-state index in [1.807, 2.05) is 24.3 Å². The van der Waals surface area contributed by atoms with Crippen LogP contribution < -0.4 is 5.32 Å². The van der Waals surface area contributed by atoms with Crippen molar-refractivity contribution in [1.29, 1.82) is 5.26 Å². The lowest BCUT2D eigenvalue weighted by Crippen LogP contribution is -2.43. The van der Waals surface area contributed by atoms with Crippen LogP contribution >= 0.6 is 0 Å². The Morgan fingerprint density at radius 3 is 2.37 bits per heavy atom. The fourth-order valence-corrected chi connectivity index (χ4v) is 4.23. The molecule has 152 valence electrons. The second kappa shape index (κ2) is 9.21. The molecule has 1 aliphatic heterocycles. The molecule has 1 N–H and O–H groups in total. The third kappa shape index (κ3) is 4.59. The first-order chi connectivity index (χ1) is 14.7. The van der Waals surface area contributed by atoms with Crippen LogP contribution in [0.5, 0.6) is 0 Å². The Morgan fingerprint density at radius 2 is 1.67 bits per heavy atom. The van der Waals surface area contributed by atoms with Crippen LogP contribution in [-0.4, -0.2) is 19.7 Å². The van der Waals surface area contributed by atoms with Gasteiger partial charge in [-0.3, -0.25) is 0 Å². The monoisotopic (exact) mass is 400 g/mol. The average Bonchev–Trinajstić information content (AvgIpc) is 2.80. The first kappa shape index (κ1) is 20.3. The minimum Gasteiger partial charge on any atom is -0.376 e. The molecule has 1 fully saturated rings. The van der Waals surface area contributed by atoms with E-state index < -0.39 is 0 Å². The van der Waals surface area contributed by atoms with Crippen molar-refractivity contribution in [2.75, 3.05) is 19.7 Å². The van der Waals surface area contributed by atoms with Crippen LogP contribution in [0.15, 0.2) is 72.8 Å². The van der Waals surface area contributed by atoms with Gasteiger partial charge in [0, 0.05) is 5.41 Å². The van der Waals surface area contributed by atoms with Gasteiger partial charge in [0.1, 0.15) is 5.82 Å². The second-order valence-corrected chi connectivity index (χ2v) is 7.93. The lowest BCUT2D eigenvalue weighted by molar-refractivity contribution is 0.0565. The molecule has 1 aliphatic rings. The SMILES string of the molecule is N#Cc1cc(COCC2(c3ccccc3)CCNCC2)cc(-c2ccc(F)cc2)c1. The molecule has 1 saturated heterocycles. The zero-order valence-corrected chi connectivity index (χ0v) is 16.9. The topological polar surface area (TPSA) is 45.0 Å². The fraction of sp³-hybridized carbons (Fsp3) is 0.269. The van der Waals surface area contributed by atoms with Crippen LogP contribution in [-0.2, 0) is 16.8 Å². The van der Waals surface area contributed by atoms with Crippen molar-refractivity contribution in [3.8, 4) is 17.2 Å². The molecule has 1 heterocycles. The number of halogens is 1. The molecule has 0 saturated carbocycles. The Kier molecular flexibility index (Phi) is 6.23. The van der Waals surface area contributed by atoms with E-state index in [1.54, 1.807) is 12.1 Å². The van der Waals surface area contributed by atoms with Gasteiger partial charge in [0.2, 0.25) is 0 Å². The summed E-state index contributed by atoms with van der Waals surface area (Å²) in [6.07, 6.45) is 2.08. The molecule has 0 bridgehead atoms. The van der Waals surface area contributed by atoms with Crippen molar-refractivity contribution in [3.05, 3.63) is 95.3 Å². The van der Waals surface area contributed by atoms with Crippen LogP contribution in [0.4, 0.5) is 4.39 Å². The van der Waals surface area contributed by atoms with Crippen molar-refractivity contribution in [1.82, 2.24) is 5.32 Å². The van der Waals surface area contributed by atoms with Gasteiger partial charge in [-0.25, -0.2) is 4.39 Å². The molecule has 3 nitrogen and oxygen atoms in total. The van der Waals surface area contributed by atoms with Gasteiger partial charge in [-0.05, 0) is 78.5 Å². The summed E-state index contributed by atoms with van der Waals surface area (Å²) in [4.78, 5) is 0. The van der Waals surface area contributed by atoms with Gasteiger partial charge in [0.05, 0.1) is 24.8 Å². The van der Waals surface area contributed by atoms with Gasteiger partial charge in [0.15, 0.2) is 0 Å². The average molecular weight is 400 g/mol. The Balaban J connectivity index is 1.52. The predicted molar refractivity (Wildman–Crippen MR) is 116 cm³/mol. The summed E-state index contributed by atoms with van der Waals surface area (Å²) >= 11 is 0. The van der Waals surface area contributed by atoms with E-state index in [1.165, 1.54) is 17.7 Å². The van der Waals surface area contributed by atoms with Crippen LogP contribution in [0.25, 0.3) is 11.1 Å². The number of benzene rings is 3. The fourth-order valence-electron chi connectivity index (χ4n) is 4.23. The van der Waals surface area contributed by atoms with Crippen molar-refractivity contribution in [2.45, 2.75) is 24.9 Å². The molecule has 4 rings (SSSR count). The van der Waals surface area contributed by atoms with Crippen molar-refractivity contribution in [3.63, 3.8) is 0 Å². The minimum atomic E-state index is -0.271. The summed E-state index contributed by atoms with van der Waals surface area (Å²) in [5, 5.41) is 12.9. The number of hydrogen-bond donors (Lipinski definition) is 1. The number of rotatable bonds is 6. The third-order valence-electron chi connectivity index (χ3n) is 5.89. The maximum Gasteiger partial charge on any atom is 0.123 e. The molecule has 0 unspecified atom stereocenters. The molecule has 0 radical (unpaired) electrons. The summed E-state index contributed by atoms with van der Waals surface area (Å²) < 4.78 is 19.5. The van der Waals surface area contributed by atoms with Crippen LogP contribution in [0, 0.1) is 17.1 Å². The Morgan fingerprint density at radius 1 is 0.933 bits per heavy atom. The first-order valence-corrected chi connectivity index (χ1v) is 10.3. The van der Waals surface area contributed by atoms with Gasteiger partial charge in [0.25, 0.3) is 0 Å². The molecule has 3 aromatic carbocycles. The minimum absolute atomic E-state index is 0.0130. The highest BCUT2D eigenvalue weighted by Gasteiger charge is 2.34. The zero-order chi connectivity index (χ0) is 20.8. The number of ether oxygens (including phenoxy) is 1. The van der Waals surface area contributed by atoms with Crippen molar-refractivity contribution in [2.24, 2.45) is 0 Å². The highest BCUT2D eigenvalue weighted by Crippen LogP contribution is 2.34. The summed E-state index contributed by atoms with van der Waals surface area (Å²) in [6, 6.07) is 24.9. The Bertz CT molecular complexity index is 1020. The molecule has 3 aromatic rings. The van der Waals surface area contributed by atoms with E-state index in [0.29, 0.717) is 18.8 Å². The van der Waals surface area contributed by atoms with Crippen molar-refractivity contribution >= 4 is 0 Å². The quantitative estimate of drug-likeness (QED) is 0.618. The predicted octanol–water partition coefficient (Wildman–Crippen LogP) is 5.20. The smallest absolute Gasteiger partial charge is 0.123 e. The van der Waals surface area contributed by atoms with E-state index in [0.717, 1.165) is 42.6 Å². The number of nitrogens with one attached hydrogen (secondary N) is 1. The van der Waals surface area contributed by atoms with Gasteiger partial charge in [-0.2, -0.15) is 5.26 Å². The molecule has 0 amide bonds. The normalized spacial score (nSPS) is 15.5. The summed E-state index contributed by atoms with van der Waals surface area (Å²) in [6.45, 7) is 3.04. The van der Waals surface area contributed by atoms with Gasteiger partial charge < -0.3 is 10.1 Å². The summed E-state index contributed by atoms with van der Waals surface area (Å²) in [5.74, 6) is -0.271. The molecular formula is C26H25FN2O. The zero-order valence-electron chi connectivity index (χ0n) is 16.9. The van der Waals surface area contributed by atoms with Gasteiger partial charge in [-0.15, -0.1) is 0 Å². The standard InChI is InChI=1S/C26H25FN2O/c27-25-8-6-22(7-9-25)23-15-20(17-28)14-21(16-23)18-30-19-26(10-12-29-13-11-26)24-4-2-1-3-5-24/h1-9,14-16,29H,10-13,18-19H2. The summed E-state index contributed by atoms with van der Waals surface area (Å²) in [7, 11) is 0. The number of piperidine rings is 1. The second-order valence-electron chi connectivity index (χ2n) is 7.93. The van der Waals surface area contributed by atoms with Crippen LogP contribution in [0.2, 0.25) is 0 Å². The maximum absolute atomic E-state index is 13.3. The Hall–Kier alpha value is -3.00. The van der Waals surface area contributed by atoms with Crippen LogP contribution in [0.1, 0.15) is 29.5 Å². The maximum atomic E-state index is 13.3. The van der Waals surface area contributed by atoms with Crippen LogP contribution in [0.3, 0.4) is 0 Å².